The van der Waals surface area contributed by atoms with Gasteiger partial charge in [-0.15, -0.1) is 11.3 Å². The quantitative estimate of drug-likeness (QED) is 0.834. The van der Waals surface area contributed by atoms with Crippen molar-refractivity contribution in [3.63, 3.8) is 0 Å². The van der Waals surface area contributed by atoms with Gasteiger partial charge in [-0.2, -0.15) is 0 Å². The van der Waals surface area contributed by atoms with Gasteiger partial charge in [0.2, 0.25) is 5.78 Å². The number of sulfonamides is 1. The number of nitrogens with zero attached hydrogens (tertiary/aromatic N) is 3. The number of aryl methyl sites for hydroxylation is 2. The van der Waals surface area contributed by atoms with Crippen LogP contribution < -0.4 is 9.62 Å². The van der Waals surface area contributed by atoms with Crippen LogP contribution in [0.15, 0.2) is 28.6 Å². The molecule has 0 amide bonds. The van der Waals surface area contributed by atoms with Crippen LogP contribution in [0.1, 0.15) is 21.2 Å². The molecule has 3 heterocycles. The minimum atomic E-state index is -3.88. The number of ketones is 1. The van der Waals surface area contributed by atoms with Crippen LogP contribution in [0.4, 0.5) is 11.5 Å². The maximum Gasteiger partial charge on any atom is 0.269 e. The van der Waals surface area contributed by atoms with E-state index in [9.17, 15) is 13.2 Å². The molecule has 9 heteroatoms. The molecule has 0 unspecified atom stereocenters. The van der Waals surface area contributed by atoms with Crippen molar-refractivity contribution in [1.82, 2.24) is 9.97 Å². The van der Waals surface area contributed by atoms with Gasteiger partial charge in [0.05, 0.1) is 5.69 Å². The van der Waals surface area contributed by atoms with E-state index in [1.807, 2.05) is 0 Å². The summed E-state index contributed by atoms with van der Waals surface area (Å²) in [5, 5.41) is 4.49. The van der Waals surface area contributed by atoms with Crippen LogP contribution >= 0.6 is 11.3 Å². The van der Waals surface area contributed by atoms with E-state index in [-0.39, 0.29) is 4.91 Å². The SMILES string of the molecule is Cc1cc(N/C=C2/C(=O)c3sccc3N(C)S2(=O)=O)nc(C)n1. The predicted octanol–water partition coefficient (Wildman–Crippen LogP) is 2.07. The standard InChI is InChI=1S/C14H14N4O3S2/c1-8-6-12(17-9(2)16-8)15-7-11-13(19)14-10(4-5-22-14)18(3)23(11,20)21/h4-7H,1-3H3,(H,15,16,17)/b11-7-. The summed E-state index contributed by atoms with van der Waals surface area (Å²) < 4.78 is 26.1. The van der Waals surface area contributed by atoms with Gasteiger partial charge in [-0.05, 0) is 25.3 Å². The molecule has 0 spiro atoms. The summed E-state index contributed by atoms with van der Waals surface area (Å²) in [6.45, 7) is 3.54. The van der Waals surface area contributed by atoms with E-state index >= 15 is 0 Å². The van der Waals surface area contributed by atoms with Crippen molar-refractivity contribution in [3.8, 4) is 0 Å². The number of thiophene rings is 1. The zero-order valence-corrected chi connectivity index (χ0v) is 14.3. The van der Waals surface area contributed by atoms with Crippen LogP contribution in [0.25, 0.3) is 0 Å². The summed E-state index contributed by atoms with van der Waals surface area (Å²) in [5.74, 6) is 0.481. The van der Waals surface area contributed by atoms with Crippen molar-refractivity contribution in [2.45, 2.75) is 13.8 Å². The summed E-state index contributed by atoms with van der Waals surface area (Å²) in [7, 11) is -2.45. The number of allylic oxidation sites excluding steroid dienone is 1. The average molecular weight is 350 g/mol. The highest BCUT2D eigenvalue weighted by molar-refractivity contribution is 7.97. The molecule has 2 aromatic rings. The Bertz CT molecular complexity index is 911. The number of aromatic nitrogens is 2. The zero-order chi connectivity index (χ0) is 16.8. The van der Waals surface area contributed by atoms with Gasteiger partial charge in [0.25, 0.3) is 10.0 Å². The number of carbonyl (C=O) groups excluding carboxylic acids is 1. The molecule has 0 aromatic carbocycles. The molecule has 0 atom stereocenters. The Kier molecular flexibility index (Phi) is 3.69. The molecule has 120 valence electrons. The van der Waals surface area contributed by atoms with Gasteiger partial charge in [0.1, 0.15) is 16.5 Å². The van der Waals surface area contributed by atoms with Gasteiger partial charge in [-0.3, -0.25) is 9.10 Å². The third-order valence-electron chi connectivity index (χ3n) is 3.37. The normalized spacial score (nSPS) is 18.1. The second-order valence-corrected chi connectivity index (χ2v) is 7.89. The first-order valence-corrected chi connectivity index (χ1v) is 9.03. The number of fused-ring (bicyclic) bond motifs is 1. The Morgan fingerprint density at radius 1 is 1.30 bits per heavy atom. The molecule has 1 aliphatic rings. The molecule has 1 aliphatic heterocycles. The van der Waals surface area contributed by atoms with Gasteiger partial charge in [-0.25, -0.2) is 18.4 Å². The van der Waals surface area contributed by atoms with E-state index in [0.717, 1.165) is 10.00 Å². The molecule has 0 saturated heterocycles. The van der Waals surface area contributed by atoms with Crippen LogP contribution in [0.5, 0.6) is 0 Å². The van der Waals surface area contributed by atoms with E-state index in [4.69, 9.17) is 0 Å². The van der Waals surface area contributed by atoms with E-state index < -0.39 is 15.8 Å². The fourth-order valence-electron chi connectivity index (χ4n) is 2.30. The maximum absolute atomic E-state index is 12.5. The van der Waals surface area contributed by atoms with Crippen LogP contribution in [0.3, 0.4) is 0 Å². The zero-order valence-electron chi connectivity index (χ0n) is 12.7. The first-order chi connectivity index (χ1) is 10.8. The molecule has 0 aliphatic carbocycles. The summed E-state index contributed by atoms with van der Waals surface area (Å²) in [4.78, 5) is 20.9. The average Bonchev–Trinajstić information content (AvgIpc) is 2.93. The molecule has 0 fully saturated rings. The second-order valence-electron chi connectivity index (χ2n) is 5.03. The lowest BCUT2D eigenvalue weighted by molar-refractivity contribution is 0.104. The largest absolute Gasteiger partial charge is 0.345 e. The van der Waals surface area contributed by atoms with Crippen molar-refractivity contribution >= 4 is 38.6 Å². The van der Waals surface area contributed by atoms with Gasteiger partial charge in [0, 0.05) is 25.0 Å². The minimum Gasteiger partial charge on any atom is -0.345 e. The molecule has 1 N–H and O–H groups in total. The molecule has 0 radical (unpaired) electrons. The monoisotopic (exact) mass is 350 g/mol. The number of anilines is 2. The predicted molar refractivity (Wildman–Crippen MR) is 89.2 cm³/mol. The number of nitrogens with one attached hydrogen (secondary N) is 1. The lowest BCUT2D eigenvalue weighted by Crippen LogP contribution is -2.35. The number of hydrogen-bond donors (Lipinski definition) is 1. The Labute approximate surface area is 137 Å². The van der Waals surface area contributed by atoms with E-state index in [1.165, 1.54) is 24.6 Å². The smallest absolute Gasteiger partial charge is 0.269 e. The van der Waals surface area contributed by atoms with Gasteiger partial charge >= 0.3 is 0 Å². The number of carbonyl (C=O) groups is 1. The van der Waals surface area contributed by atoms with Crippen molar-refractivity contribution in [2.75, 3.05) is 16.7 Å². The lowest BCUT2D eigenvalue weighted by atomic mass is 10.2. The highest BCUT2D eigenvalue weighted by Crippen LogP contribution is 2.37. The van der Waals surface area contributed by atoms with Crippen molar-refractivity contribution in [3.05, 3.63) is 45.0 Å². The summed E-state index contributed by atoms with van der Waals surface area (Å²) in [6, 6.07) is 3.29. The van der Waals surface area contributed by atoms with Crippen LogP contribution in [0.2, 0.25) is 0 Å². The van der Waals surface area contributed by atoms with E-state index in [0.29, 0.717) is 22.2 Å². The van der Waals surface area contributed by atoms with E-state index in [1.54, 1.807) is 31.4 Å². The Morgan fingerprint density at radius 3 is 2.74 bits per heavy atom. The molecule has 3 rings (SSSR count). The molecule has 23 heavy (non-hydrogen) atoms. The second kappa shape index (κ2) is 5.43. The molecular weight excluding hydrogens is 336 g/mol. The van der Waals surface area contributed by atoms with Crippen LogP contribution in [-0.4, -0.2) is 31.2 Å². The molecular formula is C14H14N4O3S2. The van der Waals surface area contributed by atoms with E-state index in [2.05, 4.69) is 15.3 Å². The topological polar surface area (TPSA) is 92.3 Å². The molecule has 7 nitrogen and oxygen atoms in total. The van der Waals surface area contributed by atoms with Crippen molar-refractivity contribution in [1.29, 1.82) is 0 Å². The molecule has 0 bridgehead atoms. The first kappa shape index (κ1) is 15.6. The maximum atomic E-state index is 12.5. The van der Waals surface area contributed by atoms with Crippen molar-refractivity contribution in [2.24, 2.45) is 0 Å². The third-order valence-corrected chi connectivity index (χ3v) is 6.05. The summed E-state index contributed by atoms with van der Waals surface area (Å²) in [6.07, 6.45) is 1.19. The van der Waals surface area contributed by atoms with Gasteiger partial charge in [-0.1, -0.05) is 0 Å². The first-order valence-electron chi connectivity index (χ1n) is 6.71. The lowest BCUT2D eigenvalue weighted by Gasteiger charge is -2.25. The Balaban J connectivity index is 2.03. The summed E-state index contributed by atoms with van der Waals surface area (Å²) >= 11 is 1.22. The highest BCUT2D eigenvalue weighted by Gasteiger charge is 2.39. The number of Topliss-reactive ketones (excluding diaryl/α,β-unsaturated/α-hetero) is 1. The number of hydrogen-bond acceptors (Lipinski definition) is 7. The third kappa shape index (κ3) is 2.62. The molecule has 2 aromatic heterocycles. The van der Waals surface area contributed by atoms with Gasteiger partial charge in [0.15, 0.2) is 4.91 Å². The minimum absolute atomic E-state index is 0.302. The fraction of sp³-hybridized carbons (Fsp3) is 0.214. The molecule has 0 saturated carbocycles. The number of rotatable bonds is 2. The van der Waals surface area contributed by atoms with Crippen molar-refractivity contribution < 1.29 is 13.2 Å². The van der Waals surface area contributed by atoms with Crippen LogP contribution in [-0.2, 0) is 10.0 Å². The Hall–Kier alpha value is -2.26. The van der Waals surface area contributed by atoms with Gasteiger partial charge < -0.3 is 5.32 Å². The Morgan fingerprint density at radius 2 is 2.04 bits per heavy atom. The highest BCUT2D eigenvalue weighted by atomic mass is 32.2. The summed E-state index contributed by atoms with van der Waals surface area (Å²) in [5.41, 5.74) is 1.15. The van der Waals surface area contributed by atoms with Crippen LogP contribution in [0, 0.1) is 13.8 Å². The fourth-order valence-corrected chi connectivity index (χ4v) is 4.55.